The lowest BCUT2D eigenvalue weighted by Crippen LogP contribution is -2.41. The molecule has 7 rings (SSSR count). The molecule has 3 aromatic rings. The Bertz CT molecular complexity index is 1590. The number of hydrogen-bond acceptors (Lipinski definition) is 8. The summed E-state index contributed by atoms with van der Waals surface area (Å²) < 4.78 is 45.2. The van der Waals surface area contributed by atoms with E-state index >= 15 is 0 Å². The number of halogens is 1. The summed E-state index contributed by atoms with van der Waals surface area (Å²) >= 11 is 6.60. The van der Waals surface area contributed by atoms with Gasteiger partial charge in [-0.3, -0.25) is 4.79 Å². The Labute approximate surface area is 256 Å². The highest BCUT2D eigenvalue weighted by Gasteiger charge is 2.46. The van der Waals surface area contributed by atoms with Crippen molar-refractivity contribution in [2.24, 2.45) is 5.92 Å². The predicted molar refractivity (Wildman–Crippen MR) is 163 cm³/mol. The number of benzene rings is 2. The van der Waals surface area contributed by atoms with E-state index in [0.717, 1.165) is 66.1 Å². The first-order valence-electron chi connectivity index (χ1n) is 15.1. The van der Waals surface area contributed by atoms with Crippen LogP contribution in [0.15, 0.2) is 47.0 Å². The Hall–Kier alpha value is -2.92. The van der Waals surface area contributed by atoms with Gasteiger partial charge in [-0.15, -0.1) is 0 Å². The van der Waals surface area contributed by atoms with Crippen LogP contribution in [0.4, 0.5) is 5.69 Å². The zero-order valence-corrected chi connectivity index (χ0v) is 25.7. The predicted octanol–water partition coefficient (Wildman–Crippen LogP) is 5.60. The summed E-state index contributed by atoms with van der Waals surface area (Å²) in [5, 5.41) is 4.53. The molecular formula is C32H36ClN3O6S. The first-order valence-corrected chi connectivity index (χ1v) is 17.1. The molecule has 4 aliphatic rings. The molecule has 2 saturated carbocycles. The van der Waals surface area contributed by atoms with Gasteiger partial charge in [0, 0.05) is 60.0 Å². The molecule has 0 radical (unpaired) electrons. The fourth-order valence-corrected chi connectivity index (χ4v) is 8.60. The molecule has 1 N–H and O–H groups in total. The normalized spacial score (nSPS) is 24.0. The largest absolute Gasteiger partial charge is 0.381 e. The smallest absolute Gasteiger partial charge is 0.264 e. The second kappa shape index (κ2) is 11.5. The SMILES string of the molecule is Cc1cccc(Cl)c1-c1noc(C2CC2)c1CO[C@@H]1C[C@@H]2C[C@H]1CN2c1ccc(C(=O)NS(=O)(=O)C2CCOCC2)cc1. The van der Waals surface area contributed by atoms with Crippen molar-refractivity contribution in [1.82, 2.24) is 9.88 Å². The quantitative estimate of drug-likeness (QED) is 0.327. The van der Waals surface area contributed by atoms with Gasteiger partial charge in [0.25, 0.3) is 5.91 Å². The number of sulfonamides is 1. The maximum Gasteiger partial charge on any atom is 0.264 e. The standard InChI is InChI=1S/C32H36ClN3O6S/c1-19-3-2-4-27(33)29(19)30-26(31(42-34-30)20-5-6-20)18-41-28-16-24-15-22(28)17-36(24)23-9-7-21(8-10-23)32(37)35-43(38,39)25-11-13-40-14-12-25/h2-4,7-10,20,22,24-25,28H,5-6,11-18H2,1H3,(H,35,37)/t22-,24-,28+/m0/s1. The second-order valence-electron chi connectivity index (χ2n) is 12.3. The minimum absolute atomic E-state index is 0.142. The average molecular weight is 626 g/mol. The molecule has 1 amide bonds. The molecule has 2 aliphatic carbocycles. The van der Waals surface area contributed by atoms with Crippen LogP contribution in [-0.4, -0.2) is 56.6 Å². The Morgan fingerprint density at radius 1 is 1.09 bits per heavy atom. The number of rotatable bonds is 9. The zero-order valence-electron chi connectivity index (χ0n) is 24.1. The van der Waals surface area contributed by atoms with Crippen LogP contribution in [0.1, 0.15) is 71.7 Å². The highest BCUT2D eigenvalue weighted by Crippen LogP contribution is 2.47. The summed E-state index contributed by atoms with van der Waals surface area (Å²) in [5.74, 6) is 1.14. The molecule has 2 aliphatic heterocycles. The van der Waals surface area contributed by atoms with E-state index < -0.39 is 21.2 Å². The lowest BCUT2D eigenvalue weighted by molar-refractivity contribution is 0.0122. The van der Waals surface area contributed by atoms with Crippen LogP contribution in [0, 0.1) is 12.8 Å². The third kappa shape index (κ3) is 5.70. The van der Waals surface area contributed by atoms with Crippen LogP contribution in [0.5, 0.6) is 0 Å². The van der Waals surface area contributed by atoms with Crippen molar-refractivity contribution in [1.29, 1.82) is 0 Å². The van der Waals surface area contributed by atoms with Gasteiger partial charge in [-0.1, -0.05) is 28.9 Å². The van der Waals surface area contributed by atoms with Gasteiger partial charge in [-0.25, -0.2) is 13.1 Å². The molecule has 2 saturated heterocycles. The molecule has 0 unspecified atom stereocenters. The van der Waals surface area contributed by atoms with Gasteiger partial charge in [-0.05, 0) is 81.3 Å². The van der Waals surface area contributed by atoms with E-state index in [4.69, 9.17) is 25.6 Å². The monoisotopic (exact) mass is 625 g/mol. The number of ether oxygens (including phenoxy) is 2. The van der Waals surface area contributed by atoms with Crippen LogP contribution in [0.25, 0.3) is 11.3 Å². The summed E-state index contributed by atoms with van der Waals surface area (Å²) in [6.45, 7) is 4.14. The Balaban J connectivity index is 0.986. The third-order valence-corrected chi connectivity index (χ3v) is 11.6. The number of amides is 1. The molecule has 9 nitrogen and oxygen atoms in total. The number of aryl methyl sites for hydroxylation is 1. The summed E-state index contributed by atoms with van der Waals surface area (Å²) in [7, 11) is -3.74. The molecule has 2 bridgehead atoms. The lowest BCUT2D eigenvalue weighted by atomic mass is 10.00. The zero-order chi connectivity index (χ0) is 29.7. The van der Waals surface area contributed by atoms with E-state index in [-0.39, 0.29) is 6.10 Å². The molecule has 0 spiro atoms. The number of hydrogen-bond donors (Lipinski definition) is 1. The topological polar surface area (TPSA) is 111 Å². The van der Waals surface area contributed by atoms with Crippen molar-refractivity contribution in [2.45, 2.75) is 75.4 Å². The number of piperidine rings is 1. The number of fused-ring (bicyclic) bond motifs is 2. The van der Waals surface area contributed by atoms with E-state index in [2.05, 4.69) is 14.8 Å². The molecular weight excluding hydrogens is 590 g/mol. The minimum Gasteiger partial charge on any atom is -0.381 e. The average Bonchev–Trinajstić information content (AvgIpc) is 3.45. The summed E-state index contributed by atoms with van der Waals surface area (Å²) in [6, 6.07) is 13.4. The molecule has 3 atom stereocenters. The van der Waals surface area contributed by atoms with Crippen LogP contribution in [-0.2, 0) is 26.1 Å². The van der Waals surface area contributed by atoms with Gasteiger partial charge in [-0.2, -0.15) is 0 Å². The first-order chi connectivity index (χ1) is 20.8. The van der Waals surface area contributed by atoms with Gasteiger partial charge in [0.05, 0.1) is 23.0 Å². The molecule has 11 heteroatoms. The molecule has 228 valence electrons. The van der Waals surface area contributed by atoms with Gasteiger partial charge in [0.1, 0.15) is 11.5 Å². The van der Waals surface area contributed by atoms with E-state index in [9.17, 15) is 13.2 Å². The van der Waals surface area contributed by atoms with Crippen LogP contribution in [0.3, 0.4) is 0 Å². The Kier molecular flexibility index (Phi) is 7.74. The summed E-state index contributed by atoms with van der Waals surface area (Å²) in [5.41, 5.74) is 5.14. The molecule has 2 aromatic carbocycles. The fourth-order valence-electron chi connectivity index (χ4n) is 6.94. The van der Waals surface area contributed by atoms with Crippen LogP contribution < -0.4 is 9.62 Å². The van der Waals surface area contributed by atoms with Gasteiger partial charge in [0.2, 0.25) is 10.0 Å². The van der Waals surface area contributed by atoms with Crippen LogP contribution >= 0.6 is 11.6 Å². The third-order valence-electron chi connectivity index (χ3n) is 9.45. The number of carbonyl (C=O) groups excluding carboxylic acids is 1. The van der Waals surface area contributed by atoms with Crippen molar-refractivity contribution in [3.8, 4) is 11.3 Å². The van der Waals surface area contributed by atoms with Crippen molar-refractivity contribution in [2.75, 3.05) is 24.7 Å². The number of anilines is 1. The number of aromatic nitrogens is 1. The molecule has 1 aromatic heterocycles. The van der Waals surface area contributed by atoms with Gasteiger partial charge >= 0.3 is 0 Å². The maximum atomic E-state index is 12.7. The van der Waals surface area contributed by atoms with Crippen molar-refractivity contribution < 1.29 is 27.2 Å². The van der Waals surface area contributed by atoms with Crippen LogP contribution in [0.2, 0.25) is 5.02 Å². The molecule has 4 fully saturated rings. The molecule has 3 heterocycles. The van der Waals surface area contributed by atoms with Gasteiger partial charge in [0.15, 0.2) is 0 Å². The first kappa shape index (κ1) is 28.8. The summed E-state index contributed by atoms with van der Waals surface area (Å²) in [4.78, 5) is 15.1. The summed E-state index contributed by atoms with van der Waals surface area (Å²) in [6.07, 6.45) is 5.12. The fraction of sp³-hybridized carbons (Fsp3) is 0.500. The van der Waals surface area contributed by atoms with Crippen molar-refractivity contribution in [3.63, 3.8) is 0 Å². The van der Waals surface area contributed by atoms with E-state index in [1.54, 1.807) is 12.1 Å². The number of carbonyl (C=O) groups is 1. The van der Waals surface area contributed by atoms with Crippen molar-refractivity contribution in [3.05, 3.63) is 69.9 Å². The van der Waals surface area contributed by atoms with Gasteiger partial charge < -0.3 is 18.9 Å². The second-order valence-corrected chi connectivity index (χ2v) is 14.7. The van der Waals surface area contributed by atoms with E-state index in [0.29, 0.717) is 61.1 Å². The van der Waals surface area contributed by atoms with E-state index in [1.807, 2.05) is 37.3 Å². The van der Waals surface area contributed by atoms with Crippen molar-refractivity contribution >= 4 is 33.2 Å². The lowest BCUT2D eigenvalue weighted by Gasteiger charge is -2.33. The maximum absolute atomic E-state index is 12.7. The number of nitrogens with one attached hydrogen (secondary N) is 1. The highest BCUT2D eigenvalue weighted by molar-refractivity contribution is 7.90. The number of nitrogens with zero attached hydrogens (tertiary/aromatic N) is 2. The Morgan fingerprint density at radius 2 is 1.86 bits per heavy atom. The Morgan fingerprint density at radius 3 is 2.53 bits per heavy atom. The minimum atomic E-state index is -3.74. The van der Waals surface area contributed by atoms with E-state index in [1.165, 1.54) is 0 Å². The molecule has 43 heavy (non-hydrogen) atoms. The highest BCUT2D eigenvalue weighted by atomic mass is 35.5.